The second-order valence-corrected chi connectivity index (χ2v) is 2.44. The Labute approximate surface area is 73.9 Å². The molecule has 2 rings (SSSR count). The summed E-state index contributed by atoms with van der Waals surface area (Å²) < 4.78 is 1.68. The molecule has 0 unspecified atom stereocenters. The summed E-state index contributed by atoms with van der Waals surface area (Å²) in [5.74, 6) is 5.74. The Morgan fingerprint density at radius 3 is 3.08 bits per heavy atom. The van der Waals surface area contributed by atoms with Crippen LogP contribution in [-0.4, -0.2) is 25.0 Å². The van der Waals surface area contributed by atoms with Crippen LogP contribution in [0.15, 0.2) is 6.33 Å². The van der Waals surface area contributed by atoms with Gasteiger partial charge in [-0.1, -0.05) is 5.21 Å². The number of nitrogen functional groups attached to an aromatic ring is 1. The van der Waals surface area contributed by atoms with Gasteiger partial charge in [-0.2, -0.15) is 0 Å². The highest BCUT2D eigenvalue weighted by molar-refractivity contribution is 5.81. The van der Waals surface area contributed by atoms with E-state index in [0.29, 0.717) is 17.0 Å². The second-order valence-electron chi connectivity index (χ2n) is 2.44. The van der Waals surface area contributed by atoms with Crippen molar-refractivity contribution in [2.24, 2.45) is 5.84 Å². The molecule has 0 radical (unpaired) electrons. The molecule has 0 amide bonds. The van der Waals surface area contributed by atoms with E-state index in [2.05, 4.69) is 25.7 Å². The molecule has 0 aliphatic rings. The van der Waals surface area contributed by atoms with Crippen LogP contribution >= 0.6 is 0 Å². The molecule has 0 atom stereocenters. The summed E-state index contributed by atoms with van der Waals surface area (Å²) in [6.07, 6.45) is 1.42. The number of anilines is 1. The van der Waals surface area contributed by atoms with Crippen molar-refractivity contribution in [3.8, 4) is 0 Å². The fraction of sp³-hybridized carbons (Fsp3) is 0.333. The maximum Gasteiger partial charge on any atom is 0.183 e. The molecule has 7 heteroatoms. The lowest BCUT2D eigenvalue weighted by Gasteiger charge is -1.98. The van der Waals surface area contributed by atoms with Gasteiger partial charge in [0.25, 0.3) is 0 Å². The fourth-order valence-corrected chi connectivity index (χ4v) is 1.11. The number of nitrogens with one attached hydrogen (secondary N) is 1. The molecule has 0 spiro atoms. The van der Waals surface area contributed by atoms with E-state index >= 15 is 0 Å². The molecular formula is C6H9N7. The van der Waals surface area contributed by atoms with Crippen molar-refractivity contribution in [2.45, 2.75) is 13.5 Å². The summed E-state index contributed by atoms with van der Waals surface area (Å²) in [7, 11) is 0. The highest BCUT2D eigenvalue weighted by Crippen LogP contribution is 2.13. The summed E-state index contributed by atoms with van der Waals surface area (Å²) >= 11 is 0. The quantitative estimate of drug-likeness (QED) is 0.478. The van der Waals surface area contributed by atoms with E-state index in [9.17, 15) is 0 Å². The first-order valence-electron chi connectivity index (χ1n) is 3.87. The van der Waals surface area contributed by atoms with Gasteiger partial charge in [0.1, 0.15) is 6.33 Å². The van der Waals surface area contributed by atoms with Crippen LogP contribution in [0.2, 0.25) is 0 Å². The molecule has 0 bridgehead atoms. The van der Waals surface area contributed by atoms with Crippen molar-refractivity contribution in [3.05, 3.63) is 6.33 Å². The Bertz CT molecular complexity index is 420. The maximum atomic E-state index is 5.25. The lowest BCUT2D eigenvalue weighted by atomic mass is 10.5. The lowest BCUT2D eigenvalue weighted by Crippen LogP contribution is -2.09. The zero-order valence-corrected chi connectivity index (χ0v) is 7.10. The van der Waals surface area contributed by atoms with E-state index in [-0.39, 0.29) is 0 Å². The van der Waals surface area contributed by atoms with Gasteiger partial charge < -0.3 is 5.43 Å². The van der Waals surface area contributed by atoms with Crippen LogP contribution in [0.25, 0.3) is 11.2 Å². The molecule has 0 fully saturated rings. The molecule has 2 aromatic heterocycles. The minimum atomic E-state index is 0.490. The number of aryl methyl sites for hydroxylation is 1. The van der Waals surface area contributed by atoms with E-state index in [1.54, 1.807) is 4.68 Å². The minimum absolute atomic E-state index is 0.490. The third-order valence-corrected chi connectivity index (χ3v) is 1.74. The molecule has 2 aromatic rings. The number of hydrogen-bond acceptors (Lipinski definition) is 6. The Balaban J connectivity index is 2.72. The van der Waals surface area contributed by atoms with Gasteiger partial charge in [-0.25, -0.2) is 20.5 Å². The van der Waals surface area contributed by atoms with Gasteiger partial charge in [0, 0.05) is 6.54 Å². The average Bonchev–Trinajstić information content (AvgIpc) is 2.60. The standard InChI is InChI=1S/C6H9N7/c1-2-13-6-4(11-12-13)5(10-7)8-3-9-6/h3H,2,7H2,1H3,(H,8,9,10). The number of hydrogen-bond donors (Lipinski definition) is 2. The van der Waals surface area contributed by atoms with Crippen molar-refractivity contribution in [1.29, 1.82) is 0 Å². The molecule has 7 nitrogen and oxygen atoms in total. The smallest absolute Gasteiger partial charge is 0.183 e. The Morgan fingerprint density at radius 1 is 1.54 bits per heavy atom. The van der Waals surface area contributed by atoms with Crippen LogP contribution in [0.1, 0.15) is 6.92 Å². The molecule has 0 saturated heterocycles. The molecule has 0 aliphatic heterocycles. The number of rotatable bonds is 2. The summed E-state index contributed by atoms with van der Waals surface area (Å²) in [4.78, 5) is 7.96. The van der Waals surface area contributed by atoms with E-state index in [0.717, 1.165) is 6.54 Å². The predicted molar refractivity (Wildman–Crippen MR) is 46.6 cm³/mol. The monoisotopic (exact) mass is 179 g/mol. The van der Waals surface area contributed by atoms with Crippen LogP contribution in [-0.2, 0) is 6.54 Å². The SMILES string of the molecule is CCn1nnc2c(NN)ncnc21. The average molecular weight is 179 g/mol. The predicted octanol–water partition coefficient (Wildman–Crippen LogP) is -0.473. The van der Waals surface area contributed by atoms with E-state index in [4.69, 9.17) is 5.84 Å². The fourth-order valence-electron chi connectivity index (χ4n) is 1.11. The van der Waals surface area contributed by atoms with Crippen molar-refractivity contribution >= 4 is 17.0 Å². The van der Waals surface area contributed by atoms with Gasteiger partial charge in [0.2, 0.25) is 0 Å². The largest absolute Gasteiger partial charge is 0.306 e. The lowest BCUT2D eigenvalue weighted by molar-refractivity contribution is 0.641. The Morgan fingerprint density at radius 2 is 2.38 bits per heavy atom. The van der Waals surface area contributed by atoms with Crippen molar-refractivity contribution < 1.29 is 0 Å². The molecule has 0 saturated carbocycles. The van der Waals surface area contributed by atoms with Gasteiger partial charge in [0.05, 0.1) is 0 Å². The van der Waals surface area contributed by atoms with Crippen LogP contribution in [0.3, 0.4) is 0 Å². The normalized spacial score (nSPS) is 10.6. The van der Waals surface area contributed by atoms with E-state index in [1.165, 1.54) is 6.33 Å². The van der Waals surface area contributed by atoms with Crippen LogP contribution in [0.4, 0.5) is 5.82 Å². The number of fused-ring (bicyclic) bond motifs is 1. The van der Waals surface area contributed by atoms with Gasteiger partial charge >= 0.3 is 0 Å². The molecule has 2 heterocycles. The molecule has 0 aliphatic carbocycles. The summed E-state index contributed by atoms with van der Waals surface area (Å²) in [5.41, 5.74) is 3.72. The highest BCUT2D eigenvalue weighted by Gasteiger charge is 2.08. The number of aromatic nitrogens is 5. The van der Waals surface area contributed by atoms with Crippen LogP contribution in [0.5, 0.6) is 0 Å². The molecule has 3 N–H and O–H groups in total. The van der Waals surface area contributed by atoms with E-state index < -0.39 is 0 Å². The maximum absolute atomic E-state index is 5.25. The third-order valence-electron chi connectivity index (χ3n) is 1.74. The number of hydrazine groups is 1. The van der Waals surface area contributed by atoms with Crippen LogP contribution < -0.4 is 11.3 Å². The van der Waals surface area contributed by atoms with Gasteiger partial charge in [-0.15, -0.1) is 5.10 Å². The molecule has 13 heavy (non-hydrogen) atoms. The number of nitrogens with zero attached hydrogens (tertiary/aromatic N) is 5. The summed E-state index contributed by atoms with van der Waals surface area (Å²) in [6.45, 7) is 2.68. The highest BCUT2D eigenvalue weighted by atomic mass is 15.4. The van der Waals surface area contributed by atoms with Gasteiger partial charge in [-0.05, 0) is 6.92 Å². The topological polar surface area (TPSA) is 94.5 Å². The Hall–Kier alpha value is -1.76. The zero-order valence-electron chi connectivity index (χ0n) is 7.10. The van der Waals surface area contributed by atoms with Crippen molar-refractivity contribution in [3.63, 3.8) is 0 Å². The van der Waals surface area contributed by atoms with Crippen molar-refractivity contribution in [2.75, 3.05) is 5.43 Å². The minimum Gasteiger partial charge on any atom is -0.306 e. The number of nitrogens with two attached hydrogens (primary N) is 1. The first kappa shape index (κ1) is 7.87. The zero-order chi connectivity index (χ0) is 9.26. The van der Waals surface area contributed by atoms with Crippen molar-refractivity contribution in [1.82, 2.24) is 25.0 Å². The van der Waals surface area contributed by atoms with E-state index in [1.807, 2.05) is 6.92 Å². The molecule has 0 aromatic carbocycles. The molecular weight excluding hydrogens is 170 g/mol. The second kappa shape index (κ2) is 2.94. The molecule has 68 valence electrons. The summed E-state index contributed by atoms with van der Waals surface area (Å²) in [5, 5.41) is 7.80. The first-order valence-corrected chi connectivity index (χ1v) is 3.87. The van der Waals surface area contributed by atoms with Gasteiger partial charge in [0.15, 0.2) is 17.0 Å². The first-order chi connectivity index (χ1) is 6.36. The van der Waals surface area contributed by atoms with Crippen LogP contribution in [0, 0.1) is 0 Å². The Kier molecular flexibility index (Phi) is 1.78. The summed E-state index contributed by atoms with van der Waals surface area (Å²) in [6, 6.07) is 0. The van der Waals surface area contributed by atoms with Gasteiger partial charge in [-0.3, -0.25) is 0 Å². The third kappa shape index (κ3) is 1.09.